The summed E-state index contributed by atoms with van der Waals surface area (Å²) in [6, 6.07) is 11.7. The third-order valence-corrected chi connectivity index (χ3v) is 8.68. The van der Waals surface area contributed by atoms with Gasteiger partial charge >= 0.3 is 0 Å². The summed E-state index contributed by atoms with van der Waals surface area (Å²) in [5.74, 6) is -1.89. The van der Waals surface area contributed by atoms with Crippen LogP contribution in [0.1, 0.15) is 42.9 Å². The number of methoxy groups -OCH3 is 1. The second kappa shape index (κ2) is 11.1. The molecule has 0 saturated carbocycles. The number of hydrogen-bond donors (Lipinski definition) is 1. The van der Waals surface area contributed by atoms with E-state index in [9.17, 15) is 23.1 Å². The summed E-state index contributed by atoms with van der Waals surface area (Å²) in [7, 11) is -2.09. The van der Waals surface area contributed by atoms with Gasteiger partial charge in [0.2, 0.25) is 10.0 Å². The molecule has 0 aromatic heterocycles. The van der Waals surface area contributed by atoms with Crippen LogP contribution in [0, 0.1) is 0 Å². The number of piperidine rings is 1. The Labute approximate surface area is 216 Å². The molecule has 1 atom stereocenters. The minimum atomic E-state index is -3.64. The van der Waals surface area contributed by atoms with Gasteiger partial charge in [0.15, 0.2) is 0 Å². The van der Waals surface area contributed by atoms with E-state index in [1.54, 1.807) is 31.4 Å². The van der Waals surface area contributed by atoms with Crippen molar-refractivity contribution in [2.45, 2.75) is 36.6 Å². The first-order valence-corrected chi connectivity index (χ1v) is 13.7. The smallest absolute Gasteiger partial charge is 0.295 e. The molecule has 0 bridgehead atoms. The first kappa shape index (κ1) is 26.3. The molecule has 4 rings (SSSR count). The molecule has 2 fully saturated rings. The number of benzene rings is 2. The third kappa shape index (κ3) is 5.20. The number of nitrogens with zero attached hydrogens (tertiary/aromatic N) is 2. The van der Waals surface area contributed by atoms with E-state index in [1.165, 1.54) is 33.5 Å². The highest BCUT2D eigenvalue weighted by Gasteiger charge is 2.45. The molecule has 2 aliphatic heterocycles. The van der Waals surface area contributed by atoms with Gasteiger partial charge in [-0.25, -0.2) is 8.42 Å². The van der Waals surface area contributed by atoms with E-state index in [4.69, 9.17) is 16.3 Å². The zero-order valence-corrected chi connectivity index (χ0v) is 21.6. The van der Waals surface area contributed by atoms with Gasteiger partial charge in [-0.05, 0) is 61.2 Å². The molecular formula is C26H29ClN2O6S. The van der Waals surface area contributed by atoms with Crippen LogP contribution in [0.4, 0.5) is 0 Å². The van der Waals surface area contributed by atoms with Gasteiger partial charge in [-0.1, -0.05) is 30.2 Å². The van der Waals surface area contributed by atoms with Gasteiger partial charge < -0.3 is 14.7 Å². The maximum absolute atomic E-state index is 13.1. The zero-order chi connectivity index (χ0) is 25.9. The van der Waals surface area contributed by atoms with Crippen molar-refractivity contribution in [1.29, 1.82) is 0 Å². The molecule has 0 unspecified atom stereocenters. The summed E-state index contributed by atoms with van der Waals surface area (Å²) in [5.41, 5.74) is 0.769. The minimum Gasteiger partial charge on any atom is -0.507 e. The highest BCUT2D eigenvalue weighted by atomic mass is 35.5. The Morgan fingerprint density at radius 1 is 1.08 bits per heavy atom. The van der Waals surface area contributed by atoms with E-state index in [0.717, 1.165) is 19.3 Å². The number of carbonyl (C=O) groups excluding carboxylic acids is 2. The number of halogens is 1. The summed E-state index contributed by atoms with van der Waals surface area (Å²) >= 11 is 6.19. The number of rotatable bonds is 8. The van der Waals surface area contributed by atoms with Gasteiger partial charge in [0.05, 0.1) is 16.5 Å². The maximum Gasteiger partial charge on any atom is 0.295 e. The molecule has 2 saturated heterocycles. The molecule has 2 aliphatic rings. The molecule has 10 heteroatoms. The van der Waals surface area contributed by atoms with Crippen molar-refractivity contribution in [2.24, 2.45) is 0 Å². The number of amides is 1. The largest absolute Gasteiger partial charge is 0.507 e. The number of carbonyl (C=O) groups is 2. The Bertz CT molecular complexity index is 1270. The van der Waals surface area contributed by atoms with Crippen LogP contribution in [0.25, 0.3) is 5.76 Å². The van der Waals surface area contributed by atoms with E-state index >= 15 is 0 Å². The van der Waals surface area contributed by atoms with E-state index in [2.05, 4.69) is 0 Å². The average Bonchev–Trinajstić information content (AvgIpc) is 3.14. The summed E-state index contributed by atoms with van der Waals surface area (Å²) < 4.78 is 32.5. The van der Waals surface area contributed by atoms with E-state index in [0.29, 0.717) is 36.7 Å². The average molecular weight is 533 g/mol. The molecule has 1 amide bonds. The van der Waals surface area contributed by atoms with Crippen molar-refractivity contribution in [3.05, 3.63) is 70.3 Å². The summed E-state index contributed by atoms with van der Waals surface area (Å²) in [6.07, 6.45) is 3.16. The number of aliphatic hydroxyl groups is 1. The van der Waals surface area contributed by atoms with Crippen LogP contribution in [0.15, 0.2) is 59.0 Å². The molecule has 2 aromatic carbocycles. The van der Waals surface area contributed by atoms with Crippen molar-refractivity contribution in [3.63, 3.8) is 0 Å². The summed E-state index contributed by atoms with van der Waals surface area (Å²) in [4.78, 5) is 27.6. The second-order valence-electron chi connectivity index (χ2n) is 8.88. The molecular weight excluding hydrogens is 504 g/mol. The highest BCUT2D eigenvalue weighted by Crippen LogP contribution is 2.40. The van der Waals surface area contributed by atoms with Crippen molar-refractivity contribution in [1.82, 2.24) is 9.21 Å². The van der Waals surface area contributed by atoms with Gasteiger partial charge in [0, 0.05) is 43.9 Å². The van der Waals surface area contributed by atoms with Crippen LogP contribution in [0.5, 0.6) is 0 Å². The van der Waals surface area contributed by atoms with Gasteiger partial charge in [-0.15, -0.1) is 0 Å². The van der Waals surface area contributed by atoms with Crippen LogP contribution >= 0.6 is 11.6 Å². The standard InChI is InChI=1S/C26H29ClN2O6S/c1-35-16-6-15-29-23(19-7-5-8-20(27)17-19)22(25(31)26(29)32)24(30)18-9-11-21(12-10-18)36(33,34)28-13-3-2-4-14-28/h5,7-12,17,23,30H,2-4,6,13-16H2,1H3/b24-22+/t23-/m0/s1. The number of ketones is 1. The molecule has 192 valence electrons. The quantitative estimate of drug-likeness (QED) is 0.239. The number of sulfonamides is 1. The molecule has 1 N–H and O–H groups in total. The van der Waals surface area contributed by atoms with Crippen molar-refractivity contribution < 1.29 is 27.9 Å². The lowest BCUT2D eigenvalue weighted by molar-refractivity contribution is -0.140. The molecule has 8 nitrogen and oxygen atoms in total. The van der Waals surface area contributed by atoms with E-state index < -0.39 is 27.8 Å². The maximum atomic E-state index is 13.1. The molecule has 0 aliphatic carbocycles. The Morgan fingerprint density at radius 2 is 1.78 bits per heavy atom. The SMILES string of the molecule is COCCCN1C(=O)C(=O)/C(=C(/O)c2ccc(S(=O)(=O)N3CCCCC3)cc2)[C@@H]1c1cccc(Cl)c1. The van der Waals surface area contributed by atoms with Crippen molar-refractivity contribution in [3.8, 4) is 0 Å². The highest BCUT2D eigenvalue weighted by molar-refractivity contribution is 7.89. The van der Waals surface area contributed by atoms with E-state index in [1.807, 2.05) is 0 Å². The number of Topliss-reactive ketones (excluding diaryl/α,β-unsaturated/α-hetero) is 1. The van der Waals surface area contributed by atoms with Gasteiger partial charge in [0.1, 0.15) is 5.76 Å². The van der Waals surface area contributed by atoms with Gasteiger partial charge in [-0.3, -0.25) is 9.59 Å². The predicted octanol–water partition coefficient (Wildman–Crippen LogP) is 3.97. The van der Waals surface area contributed by atoms with Crippen molar-refractivity contribution >= 4 is 39.1 Å². The Balaban J connectivity index is 1.72. The molecule has 0 spiro atoms. The lowest BCUT2D eigenvalue weighted by Crippen LogP contribution is -2.35. The Hall–Kier alpha value is -2.72. The van der Waals surface area contributed by atoms with Gasteiger partial charge in [0.25, 0.3) is 11.7 Å². The first-order valence-electron chi connectivity index (χ1n) is 11.9. The Morgan fingerprint density at radius 3 is 2.42 bits per heavy atom. The van der Waals surface area contributed by atoms with E-state index in [-0.39, 0.29) is 28.3 Å². The zero-order valence-electron chi connectivity index (χ0n) is 20.0. The topological polar surface area (TPSA) is 104 Å². The normalized spacial score (nSPS) is 20.7. The van der Waals surface area contributed by atoms with Crippen LogP contribution in [0.3, 0.4) is 0 Å². The number of likely N-dealkylation sites (tertiary alicyclic amines) is 1. The number of ether oxygens (including phenoxy) is 1. The first-order chi connectivity index (χ1) is 17.3. The fourth-order valence-corrected chi connectivity index (χ4v) is 6.42. The lowest BCUT2D eigenvalue weighted by atomic mass is 9.95. The minimum absolute atomic E-state index is 0.0636. The number of aliphatic hydroxyl groups excluding tert-OH is 1. The Kier molecular flexibility index (Phi) is 8.14. The summed E-state index contributed by atoms with van der Waals surface area (Å²) in [5, 5.41) is 11.6. The van der Waals surface area contributed by atoms with Crippen LogP contribution in [-0.2, 0) is 24.3 Å². The monoisotopic (exact) mass is 532 g/mol. The fourth-order valence-electron chi connectivity index (χ4n) is 4.71. The lowest BCUT2D eigenvalue weighted by Gasteiger charge is -2.26. The fraction of sp³-hybridized carbons (Fsp3) is 0.385. The molecule has 2 heterocycles. The summed E-state index contributed by atoms with van der Waals surface area (Å²) in [6.45, 7) is 1.62. The second-order valence-corrected chi connectivity index (χ2v) is 11.3. The third-order valence-electron chi connectivity index (χ3n) is 6.53. The van der Waals surface area contributed by atoms with Crippen LogP contribution < -0.4 is 0 Å². The van der Waals surface area contributed by atoms with Gasteiger partial charge in [-0.2, -0.15) is 4.31 Å². The molecule has 36 heavy (non-hydrogen) atoms. The molecule has 2 aromatic rings. The van der Waals surface area contributed by atoms with Crippen molar-refractivity contribution in [2.75, 3.05) is 33.4 Å². The predicted molar refractivity (Wildman–Crippen MR) is 136 cm³/mol. The molecule has 0 radical (unpaired) electrons. The van der Waals surface area contributed by atoms with Crippen LogP contribution in [-0.4, -0.2) is 67.8 Å². The van der Waals surface area contributed by atoms with Crippen LogP contribution in [0.2, 0.25) is 5.02 Å². The number of hydrogen-bond acceptors (Lipinski definition) is 6.